The van der Waals surface area contributed by atoms with E-state index in [-0.39, 0.29) is 29.2 Å². The van der Waals surface area contributed by atoms with Crippen molar-refractivity contribution in [2.45, 2.75) is 42.8 Å². The molecule has 26 heavy (non-hydrogen) atoms. The lowest BCUT2D eigenvalue weighted by Crippen LogP contribution is -2.32. The second-order valence-electron chi connectivity index (χ2n) is 6.52. The number of sulfonamides is 1. The largest absolute Gasteiger partial charge is 0.478 e. The summed E-state index contributed by atoms with van der Waals surface area (Å²) in [6.45, 7) is 2.03. The minimum Gasteiger partial charge on any atom is -0.478 e. The van der Waals surface area contributed by atoms with Crippen LogP contribution in [0.2, 0.25) is 0 Å². The van der Waals surface area contributed by atoms with E-state index >= 15 is 0 Å². The molecule has 2 fully saturated rings. The van der Waals surface area contributed by atoms with Crippen molar-refractivity contribution >= 4 is 21.7 Å². The van der Waals surface area contributed by atoms with Crippen LogP contribution in [-0.2, 0) is 19.5 Å². The molecule has 0 aliphatic carbocycles. The van der Waals surface area contributed by atoms with Gasteiger partial charge < -0.3 is 19.9 Å². The van der Waals surface area contributed by atoms with Gasteiger partial charge in [-0.1, -0.05) is 0 Å². The van der Waals surface area contributed by atoms with Gasteiger partial charge in [0.15, 0.2) is 0 Å². The lowest BCUT2D eigenvalue weighted by molar-refractivity contribution is 0.0697. The average molecular weight is 384 g/mol. The van der Waals surface area contributed by atoms with Gasteiger partial charge in [-0.15, -0.1) is 0 Å². The number of nitrogens with one attached hydrogen (secondary N) is 2. The zero-order valence-electron chi connectivity index (χ0n) is 14.4. The molecule has 9 heteroatoms. The van der Waals surface area contributed by atoms with Gasteiger partial charge in [0.1, 0.15) is 0 Å². The minimum absolute atomic E-state index is 0.0492. The number of rotatable bonds is 8. The number of carboxylic acids is 1. The fourth-order valence-electron chi connectivity index (χ4n) is 3.14. The van der Waals surface area contributed by atoms with Crippen LogP contribution in [-0.4, -0.2) is 58.0 Å². The Hall–Kier alpha value is -1.68. The van der Waals surface area contributed by atoms with Gasteiger partial charge >= 0.3 is 5.97 Å². The topological polar surface area (TPSA) is 114 Å². The smallest absolute Gasteiger partial charge is 0.337 e. The molecular formula is C17H24N2O6S. The molecule has 2 aliphatic heterocycles. The third-order valence-corrected chi connectivity index (χ3v) is 6.02. The molecule has 8 nitrogen and oxygen atoms in total. The van der Waals surface area contributed by atoms with E-state index < -0.39 is 16.0 Å². The molecule has 0 bridgehead atoms. The van der Waals surface area contributed by atoms with E-state index in [1.807, 2.05) is 0 Å². The lowest BCUT2D eigenvalue weighted by atomic mass is 10.1. The molecular weight excluding hydrogens is 360 g/mol. The Morgan fingerprint density at radius 1 is 1.12 bits per heavy atom. The molecule has 3 rings (SSSR count). The molecule has 0 aromatic heterocycles. The molecule has 0 amide bonds. The first-order valence-electron chi connectivity index (χ1n) is 8.80. The first-order valence-corrected chi connectivity index (χ1v) is 10.3. The Morgan fingerprint density at radius 2 is 1.77 bits per heavy atom. The maximum Gasteiger partial charge on any atom is 0.337 e. The van der Waals surface area contributed by atoms with Crippen LogP contribution in [0.5, 0.6) is 0 Å². The highest BCUT2D eigenvalue weighted by Crippen LogP contribution is 2.22. The first kappa shape index (κ1) is 19.1. The van der Waals surface area contributed by atoms with E-state index in [1.54, 1.807) is 0 Å². The predicted molar refractivity (Wildman–Crippen MR) is 95.0 cm³/mol. The van der Waals surface area contributed by atoms with Crippen molar-refractivity contribution in [3.8, 4) is 0 Å². The van der Waals surface area contributed by atoms with Gasteiger partial charge in [0.05, 0.1) is 22.7 Å². The Morgan fingerprint density at radius 3 is 2.35 bits per heavy atom. The standard InChI is InChI=1S/C17H24N2O6S/c20-17(21)15-9-14(26(22,23)19-11-13-4-2-8-25-13)5-6-16(15)18-10-12-3-1-7-24-12/h5-6,9,12-13,18-19H,1-4,7-8,10-11H2,(H,20,21)/t12-,13-/m0/s1. The van der Waals surface area contributed by atoms with Crippen molar-refractivity contribution in [1.82, 2.24) is 4.72 Å². The second-order valence-corrected chi connectivity index (χ2v) is 8.28. The summed E-state index contributed by atoms with van der Waals surface area (Å²) in [6, 6.07) is 4.07. The Balaban J connectivity index is 1.70. The summed E-state index contributed by atoms with van der Waals surface area (Å²) in [5.41, 5.74) is 0.300. The van der Waals surface area contributed by atoms with Crippen LogP contribution in [0.25, 0.3) is 0 Å². The van der Waals surface area contributed by atoms with E-state index in [2.05, 4.69) is 10.0 Å². The number of hydrogen-bond acceptors (Lipinski definition) is 6. The van der Waals surface area contributed by atoms with Crippen LogP contribution in [0.15, 0.2) is 23.1 Å². The third kappa shape index (κ3) is 4.73. The molecule has 144 valence electrons. The summed E-state index contributed by atoms with van der Waals surface area (Å²) in [6.07, 6.45) is 3.57. The summed E-state index contributed by atoms with van der Waals surface area (Å²) in [5.74, 6) is -1.18. The number of carbonyl (C=O) groups is 1. The van der Waals surface area contributed by atoms with Gasteiger partial charge in [-0.25, -0.2) is 17.9 Å². The molecule has 2 heterocycles. The van der Waals surface area contributed by atoms with Gasteiger partial charge in [0.25, 0.3) is 0 Å². The number of carboxylic acid groups (broad SMARTS) is 1. The quantitative estimate of drug-likeness (QED) is 0.621. The molecule has 0 saturated carbocycles. The Bertz CT molecular complexity index is 740. The monoisotopic (exact) mass is 384 g/mol. The maximum absolute atomic E-state index is 12.4. The van der Waals surface area contributed by atoms with Crippen LogP contribution in [0.1, 0.15) is 36.0 Å². The molecule has 3 N–H and O–H groups in total. The zero-order valence-corrected chi connectivity index (χ0v) is 15.3. The van der Waals surface area contributed by atoms with Crippen molar-refractivity contribution < 1.29 is 27.8 Å². The summed E-state index contributed by atoms with van der Waals surface area (Å²) < 4.78 is 38.3. The Labute approximate surface area is 152 Å². The summed E-state index contributed by atoms with van der Waals surface area (Å²) in [4.78, 5) is 11.5. The van der Waals surface area contributed by atoms with Crippen LogP contribution in [0.3, 0.4) is 0 Å². The summed E-state index contributed by atoms with van der Waals surface area (Å²) >= 11 is 0. The van der Waals surface area contributed by atoms with E-state index in [0.29, 0.717) is 25.4 Å². The second kappa shape index (κ2) is 8.34. The highest BCUT2D eigenvalue weighted by molar-refractivity contribution is 7.89. The number of ether oxygens (including phenoxy) is 2. The van der Waals surface area contributed by atoms with Crippen molar-refractivity contribution in [2.75, 3.05) is 31.6 Å². The van der Waals surface area contributed by atoms with E-state index in [4.69, 9.17) is 9.47 Å². The Kier molecular flexibility index (Phi) is 6.13. The number of benzene rings is 1. The van der Waals surface area contributed by atoms with Gasteiger partial charge in [-0.3, -0.25) is 0 Å². The number of hydrogen-bond donors (Lipinski definition) is 3. The van der Waals surface area contributed by atoms with Crippen molar-refractivity contribution in [3.05, 3.63) is 23.8 Å². The molecule has 2 aliphatic rings. The molecule has 0 unspecified atom stereocenters. The fraction of sp³-hybridized carbons (Fsp3) is 0.588. The van der Waals surface area contributed by atoms with Gasteiger partial charge in [-0.2, -0.15) is 0 Å². The zero-order chi connectivity index (χ0) is 18.6. The van der Waals surface area contributed by atoms with Gasteiger partial charge in [-0.05, 0) is 43.9 Å². The molecule has 0 radical (unpaired) electrons. The van der Waals surface area contributed by atoms with Crippen LogP contribution < -0.4 is 10.0 Å². The first-order chi connectivity index (χ1) is 12.5. The van der Waals surface area contributed by atoms with Gasteiger partial charge in [0, 0.05) is 32.0 Å². The number of anilines is 1. The van der Waals surface area contributed by atoms with Crippen LogP contribution >= 0.6 is 0 Å². The lowest BCUT2D eigenvalue weighted by Gasteiger charge is -2.15. The summed E-state index contributed by atoms with van der Waals surface area (Å²) in [7, 11) is -3.80. The maximum atomic E-state index is 12.4. The van der Waals surface area contributed by atoms with E-state index in [1.165, 1.54) is 18.2 Å². The van der Waals surface area contributed by atoms with Crippen molar-refractivity contribution in [1.29, 1.82) is 0 Å². The predicted octanol–water partition coefficient (Wildman–Crippen LogP) is 1.43. The number of aromatic carboxylic acids is 1. The van der Waals surface area contributed by atoms with Gasteiger partial charge in [0.2, 0.25) is 10.0 Å². The van der Waals surface area contributed by atoms with Crippen molar-refractivity contribution in [3.63, 3.8) is 0 Å². The van der Waals surface area contributed by atoms with Crippen LogP contribution in [0.4, 0.5) is 5.69 Å². The highest BCUT2D eigenvalue weighted by Gasteiger charge is 2.23. The molecule has 2 atom stereocenters. The highest BCUT2D eigenvalue weighted by atomic mass is 32.2. The molecule has 1 aromatic rings. The molecule has 1 aromatic carbocycles. The average Bonchev–Trinajstić information content (AvgIpc) is 3.31. The molecule has 0 spiro atoms. The van der Waals surface area contributed by atoms with E-state index in [9.17, 15) is 18.3 Å². The van der Waals surface area contributed by atoms with E-state index in [0.717, 1.165) is 25.7 Å². The van der Waals surface area contributed by atoms with Crippen molar-refractivity contribution in [2.24, 2.45) is 0 Å². The third-order valence-electron chi connectivity index (χ3n) is 4.60. The molecule has 2 saturated heterocycles. The minimum atomic E-state index is -3.80. The SMILES string of the molecule is O=C(O)c1cc(S(=O)(=O)NC[C@@H]2CCCO2)ccc1NC[C@@H]1CCCO1. The summed E-state index contributed by atoms with van der Waals surface area (Å²) in [5, 5.41) is 12.5. The fourth-order valence-corrected chi connectivity index (χ4v) is 4.23. The normalized spacial score (nSPS) is 23.2. The van der Waals surface area contributed by atoms with Crippen LogP contribution in [0, 0.1) is 0 Å².